The molecule has 16 heavy (non-hydrogen) atoms. The molecule has 5 heteroatoms. The van der Waals surface area contributed by atoms with Crippen molar-refractivity contribution in [3.8, 4) is 6.07 Å². The predicted molar refractivity (Wildman–Crippen MR) is 63.6 cm³/mol. The maximum atomic E-state index is 8.74. The zero-order valence-electron chi connectivity index (χ0n) is 9.35. The van der Waals surface area contributed by atoms with Crippen molar-refractivity contribution in [2.75, 3.05) is 31.7 Å². The number of hydrogen-bond acceptors (Lipinski definition) is 5. The van der Waals surface area contributed by atoms with Crippen molar-refractivity contribution < 1.29 is 4.74 Å². The second-order valence-electron chi connectivity index (χ2n) is 4.06. The average molecular weight is 237 g/mol. The highest BCUT2D eigenvalue weighted by atomic mass is 32.1. The molecule has 86 valence electrons. The molecule has 0 atom stereocenters. The summed E-state index contributed by atoms with van der Waals surface area (Å²) >= 11 is 1.45. The van der Waals surface area contributed by atoms with Gasteiger partial charge in [-0.3, -0.25) is 0 Å². The van der Waals surface area contributed by atoms with Crippen LogP contribution in [0.2, 0.25) is 0 Å². The molecule has 1 aliphatic heterocycles. The monoisotopic (exact) mass is 237 g/mol. The molecule has 0 saturated carbocycles. The van der Waals surface area contributed by atoms with E-state index in [2.05, 4.69) is 16.0 Å². The Bertz CT molecular complexity index is 379. The lowest BCUT2D eigenvalue weighted by Crippen LogP contribution is -2.29. The summed E-state index contributed by atoms with van der Waals surface area (Å²) in [5, 5.41) is 9.67. The van der Waals surface area contributed by atoms with E-state index in [4.69, 9.17) is 10.00 Å². The Labute approximate surface area is 99.5 Å². The van der Waals surface area contributed by atoms with Crippen LogP contribution in [0, 0.1) is 17.2 Å². The zero-order valence-corrected chi connectivity index (χ0v) is 10.2. The molecule has 0 aromatic carbocycles. The minimum absolute atomic E-state index is 0.675. The fourth-order valence-corrected chi connectivity index (χ4v) is 2.57. The molecule has 0 radical (unpaired) electrons. The van der Waals surface area contributed by atoms with Gasteiger partial charge in [0.1, 0.15) is 10.9 Å². The SMILES string of the molecule is CN(CC1CCOCC1)c1ncc(C#N)s1. The first-order valence-corrected chi connectivity index (χ1v) is 6.26. The van der Waals surface area contributed by atoms with E-state index in [1.165, 1.54) is 11.3 Å². The number of anilines is 1. The fraction of sp³-hybridized carbons (Fsp3) is 0.636. The molecule has 1 aliphatic rings. The van der Waals surface area contributed by atoms with E-state index in [0.717, 1.165) is 37.7 Å². The number of aromatic nitrogens is 1. The Kier molecular flexibility index (Phi) is 3.75. The number of hydrogen-bond donors (Lipinski definition) is 0. The standard InChI is InChI=1S/C11H15N3OS/c1-14(8-9-2-4-15-5-3-9)11-13-7-10(6-12)16-11/h7,9H,2-5,8H2,1H3. The average Bonchev–Trinajstić information content (AvgIpc) is 2.79. The van der Waals surface area contributed by atoms with Crippen LogP contribution in [0.25, 0.3) is 0 Å². The molecular formula is C11H15N3OS. The largest absolute Gasteiger partial charge is 0.381 e. The summed E-state index contributed by atoms with van der Waals surface area (Å²) in [5.74, 6) is 0.688. The number of rotatable bonds is 3. The minimum atomic E-state index is 0.675. The van der Waals surface area contributed by atoms with Gasteiger partial charge < -0.3 is 9.64 Å². The normalized spacial score (nSPS) is 17.0. The van der Waals surface area contributed by atoms with Crippen molar-refractivity contribution in [3.05, 3.63) is 11.1 Å². The molecular weight excluding hydrogens is 222 g/mol. The Hall–Kier alpha value is -1.12. The van der Waals surface area contributed by atoms with E-state index >= 15 is 0 Å². The number of thiazole rings is 1. The summed E-state index contributed by atoms with van der Waals surface area (Å²) in [5.41, 5.74) is 0. The maximum absolute atomic E-state index is 8.74. The van der Waals surface area contributed by atoms with E-state index in [1.54, 1.807) is 6.20 Å². The van der Waals surface area contributed by atoms with Crippen LogP contribution < -0.4 is 4.90 Å². The Balaban J connectivity index is 1.91. The van der Waals surface area contributed by atoms with Crippen LogP contribution in [-0.2, 0) is 4.74 Å². The third-order valence-corrected chi connectivity index (χ3v) is 3.82. The van der Waals surface area contributed by atoms with Crippen LogP contribution in [0.5, 0.6) is 0 Å². The maximum Gasteiger partial charge on any atom is 0.186 e. The van der Waals surface area contributed by atoms with Crippen molar-refractivity contribution in [2.45, 2.75) is 12.8 Å². The lowest BCUT2D eigenvalue weighted by atomic mass is 10.0. The molecule has 0 unspecified atom stereocenters. The van der Waals surface area contributed by atoms with Crippen LogP contribution in [0.4, 0.5) is 5.13 Å². The lowest BCUT2D eigenvalue weighted by Gasteiger charge is -2.26. The Morgan fingerprint density at radius 3 is 3.00 bits per heavy atom. The van der Waals surface area contributed by atoms with Gasteiger partial charge in [0.15, 0.2) is 5.13 Å². The zero-order chi connectivity index (χ0) is 11.4. The minimum Gasteiger partial charge on any atom is -0.381 e. The van der Waals surface area contributed by atoms with Crippen molar-refractivity contribution in [2.24, 2.45) is 5.92 Å². The summed E-state index contributed by atoms with van der Waals surface area (Å²) in [4.78, 5) is 7.06. The number of nitrogens with zero attached hydrogens (tertiary/aromatic N) is 3. The van der Waals surface area contributed by atoms with Crippen LogP contribution in [0.1, 0.15) is 17.7 Å². The second kappa shape index (κ2) is 5.28. The molecule has 0 N–H and O–H groups in total. The molecule has 1 fully saturated rings. The predicted octanol–water partition coefficient (Wildman–Crippen LogP) is 1.88. The van der Waals surface area contributed by atoms with E-state index < -0.39 is 0 Å². The van der Waals surface area contributed by atoms with E-state index in [0.29, 0.717) is 10.8 Å². The fourth-order valence-electron chi connectivity index (χ4n) is 1.89. The molecule has 0 aliphatic carbocycles. The number of ether oxygens (including phenoxy) is 1. The van der Waals surface area contributed by atoms with Gasteiger partial charge in [-0.15, -0.1) is 0 Å². The van der Waals surface area contributed by atoms with Gasteiger partial charge in [-0.05, 0) is 18.8 Å². The van der Waals surface area contributed by atoms with Crippen molar-refractivity contribution in [1.29, 1.82) is 5.26 Å². The third kappa shape index (κ3) is 2.71. The van der Waals surface area contributed by atoms with E-state index in [9.17, 15) is 0 Å². The molecule has 0 spiro atoms. The highest BCUT2D eigenvalue weighted by molar-refractivity contribution is 7.16. The molecule has 1 aromatic heterocycles. The van der Waals surface area contributed by atoms with Crippen LogP contribution in [-0.4, -0.2) is 31.8 Å². The lowest BCUT2D eigenvalue weighted by molar-refractivity contribution is 0.0685. The molecule has 2 rings (SSSR count). The van der Waals surface area contributed by atoms with E-state index in [-0.39, 0.29) is 0 Å². The molecule has 2 heterocycles. The molecule has 0 amide bonds. The molecule has 1 aromatic rings. The molecule has 4 nitrogen and oxygen atoms in total. The van der Waals surface area contributed by atoms with Crippen molar-refractivity contribution in [1.82, 2.24) is 4.98 Å². The Morgan fingerprint density at radius 2 is 2.38 bits per heavy atom. The van der Waals surface area contributed by atoms with Gasteiger partial charge >= 0.3 is 0 Å². The third-order valence-electron chi connectivity index (χ3n) is 2.80. The van der Waals surface area contributed by atoms with Gasteiger partial charge in [0.2, 0.25) is 0 Å². The van der Waals surface area contributed by atoms with Crippen LogP contribution in [0.3, 0.4) is 0 Å². The smallest absolute Gasteiger partial charge is 0.186 e. The second-order valence-corrected chi connectivity index (χ2v) is 5.06. The van der Waals surface area contributed by atoms with Gasteiger partial charge in [0.05, 0.1) is 6.20 Å². The van der Waals surface area contributed by atoms with Gasteiger partial charge in [-0.25, -0.2) is 4.98 Å². The van der Waals surface area contributed by atoms with Crippen molar-refractivity contribution >= 4 is 16.5 Å². The summed E-state index contributed by atoms with van der Waals surface area (Å²) < 4.78 is 5.33. The number of nitriles is 1. The van der Waals surface area contributed by atoms with E-state index in [1.807, 2.05) is 7.05 Å². The summed E-state index contributed by atoms with van der Waals surface area (Å²) in [6, 6.07) is 2.12. The van der Waals surface area contributed by atoms with Gasteiger partial charge in [0.25, 0.3) is 0 Å². The summed E-state index contributed by atoms with van der Waals surface area (Å²) in [6.07, 6.45) is 3.89. The first kappa shape index (κ1) is 11.4. The Morgan fingerprint density at radius 1 is 1.62 bits per heavy atom. The molecule has 0 bridgehead atoms. The van der Waals surface area contributed by atoms with Crippen LogP contribution >= 0.6 is 11.3 Å². The first-order chi connectivity index (χ1) is 7.79. The molecule has 1 saturated heterocycles. The topological polar surface area (TPSA) is 49.1 Å². The van der Waals surface area contributed by atoms with Gasteiger partial charge in [-0.2, -0.15) is 5.26 Å². The first-order valence-electron chi connectivity index (χ1n) is 5.44. The van der Waals surface area contributed by atoms with Crippen molar-refractivity contribution in [3.63, 3.8) is 0 Å². The quantitative estimate of drug-likeness (QED) is 0.805. The summed E-state index contributed by atoms with van der Waals surface area (Å²) in [6.45, 7) is 2.75. The highest BCUT2D eigenvalue weighted by Crippen LogP contribution is 2.23. The summed E-state index contributed by atoms with van der Waals surface area (Å²) in [7, 11) is 2.04. The van der Waals surface area contributed by atoms with Gasteiger partial charge in [0, 0.05) is 26.8 Å². The van der Waals surface area contributed by atoms with Gasteiger partial charge in [-0.1, -0.05) is 11.3 Å². The highest BCUT2D eigenvalue weighted by Gasteiger charge is 2.17. The van der Waals surface area contributed by atoms with Crippen LogP contribution in [0.15, 0.2) is 6.20 Å².